The van der Waals surface area contributed by atoms with Crippen molar-refractivity contribution in [2.45, 2.75) is 6.42 Å². The van der Waals surface area contributed by atoms with Crippen LogP contribution in [0.4, 0.5) is 5.69 Å². The Labute approximate surface area is 110 Å². The summed E-state index contributed by atoms with van der Waals surface area (Å²) in [7, 11) is 1.65. The third-order valence-corrected chi connectivity index (χ3v) is 3.71. The van der Waals surface area contributed by atoms with Gasteiger partial charge in [-0.05, 0) is 30.0 Å². The largest absolute Gasteiger partial charge is 0.497 e. The summed E-state index contributed by atoms with van der Waals surface area (Å²) in [5.74, 6) is 0.813. The molecule has 0 fully saturated rings. The summed E-state index contributed by atoms with van der Waals surface area (Å²) in [6.45, 7) is 0.868. The van der Waals surface area contributed by atoms with Crippen LogP contribution in [0.5, 0.6) is 5.75 Å². The van der Waals surface area contributed by atoms with Gasteiger partial charge in [-0.2, -0.15) is 0 Å². The lowest BCUT2D eigenvalue weighted by Crippen LogP contribution is -2.04. The van der Waals surface area contributed by atoms with Crippen LogP contribution in [0.3, 0.4) is 0 Å². The van der Waals surface area contributed by atoms with Crippen LogP contribution in [-0.4, -0.2) is 13.7 Å². The van der Waals surface area contributed by atoms with Gasteiger partial charge in [0.15, 0.2) is 0 Å². The van der Waals surface area contributed by atoms with Gasteiger partial charge in [0.1, 0.15) is 5.75 Å². The number of benzene rings is 1. The van der Waals surface area contributed by atoms with Gasteiger partial charge in [0.05, 0.1) is 17.8 Å². The predicted octanol–water partition coefficient (Wildman–Crippen LogP) is 4.06. The van der Waals surface area contributed by atoms with E-state index >= 15 is 0 Å². The highest BCUT2D eigenvalue weighted by Gasteiger charge is 2.02. The van der Waals surface area contributed by atoms with E-state index in [2.05, 4.69) is 22.8 Å². The molecule has 4 heteroatoms. The summed E-state index contributed by atoms with van der Waals surface area (Å²) >= 11 is 7.87. The number of rotatable bonds is 5. The molecule has 1 N–H and O–H groups in total. The van der Waals surface area contributed by atoms with Crippen LogP contribution in [0.25, 0.3) is 0 Å². The molecule has 0 amide bonds. The predicted molar refractivity (Wildman–Crippen MR) is 74.5 cm³/mol. The SMILES string of the molecule is COc1ccc(Cl)c(NCCc2cccs2)c1. The van der Waals surface area contributed by atoms with Gasteiger partial charge in [-0.25, -0.2) is 0 Å². The van der Waals surface area contributed by atoms with E-state index in [0.29, 0.717) is 0 Å². The van der Waals surface area contributed by atoms with Crippen LogP contribution < -0.4 is 10.1 Å². The van der Waals surface area contributed by atoms with E-state index in [-0.39, 0.29) is 0 Å². The van der Waals surface area contributed by atoms with E-state index in [4.69, 9.17) is 16.3 Å². The maximum Gasteiger partial charge on any atom is 0.121 e. The fourth-order valence-corrected chi connectivity index (χ4v) is 2.44. The van der Waals surface area contributed by atoms with Crippen LogP contribution in [0.2, 0.25) is 5.02 Å². The molecular weight excluding hydrogens is 254 g/mol. The minimum absolute atomic E-state index is 0.719. The van der Waals surface area contributed by atoms with Gasteiger partial charge in [-0.15, -0.1) is 11.3 Å². The molecule has 90 valence electrons. The monoisotopic (exact) mass is 267 g/mol. The van der Waals surface area contributed by atoms with E-state index < -0.39 is 0 Å². The molecule has 0 saturated carbocycles. The Morgan fingerprint density at radius 2 is 2.24 bits per heavy atom. The molecule has 1 heterocycles. The lowest BCUT2D eigenvalue weighted by atomic mass is 10.3. The molecule has 1 aromatic heterocycles. The topological polar surface area (TPSA) is 21.3 Å². The number of nitrogens with one attached hydrogen (secondary N) is 1. The van der Waals surface area contributed by atoms with Gasteiger partial charge in [-0.3, -0.25) is 0 Å². The molecule has 0 bridgehead atoms. The van der Waals surface area contributed by atoms with Gasteiger partial charge in [0, 0.05) is 17.5 Å². The van der Waals surface area contributed by atoms with Gasteiger partial charge < -0.3 is 10.1 Å². The molecule has 2 aromatic rings. The average molecular weight is 268 g/mol. The third kappa shape index (κ3) is 3.38. The Hall–Kier alpha value is -1.19. The van der Waals surface area contributed by atoms with E-state index in [1.165, 1.54) is 4.88 Å². The third-order valence-electron chi connectivity index (χ3n) is 2.44. The summed E-state index contributed by atoms with van der Waals surface area (Å²) < 4.78 is 5.17. The number of thiophene rings is 1. The Balaban J connectivity index is 1.94. The van der Waals surface area contributed by atoms with Gasteiger partial charge in [0.25, 0.3) is 0 Å². The van der Waals surface area contributed by atoms with Crippen molar-refractivity contribution in [1.29, 1.82) is 0 Å². The minimum atomic E-state index is 0.719. The van der Waals surface area contributed by atoms with Crippen LogP contribution >= 0.6 is 22.9 Å². The van der Waals surface area contributed by atoms with Crippen molar-refractivity contribution in [1.82, 2.24) is 0 Å². The van der Waals surface area contributed by atoms with Crippen molar-refractivity contribution < 1.29 is 4.74 Å². The van der Waals surface area contributed by atoms with E-state index in [0.717, 1.165) is 29.4 Å². The second kappa shape index (κ2) is 5.94. The lowest BCUT2D eigenvalue weighted by molar-refractivity contribution is 0.415. The van der Waals surface area contributed by atoms with Crippen molar-refractivity contribution in [3.63, 3.8) is 0 Å². The molecule has 0 aliphatic carbocycles. The maximum absolute atomic E-state index is 6.10. The van der Waals surface area contributed by atoms with Crippen molar-refractivity contribution >= 4 is 28.6 Å². The first kappa shape index (κ1) is 12.3. The summed E-state index contributed by atoms with van der Waals surface area (Å²) in [6, 6.07) is 9.81. The van der Waals surface area contributed by atoms with E-state index in [9.17, 15) is 0 Å². The average Bonchev–Trinajstić information content (AvgIpc) is 2.84. The maximum atomic E-state index is 6.10. The second-order valence-electron chi connectivity index (χ2n) is 3.60. The lowest BCUT2D eigenvalue weighted by Gasteiger charge is -2.09. The first-order valence-electron chi connectivity index (χ1n) is 5.39. The summed E-state index contributed by atoms with van der Waals surface area (Å²) in [6.07, 6.45) is 1.01. The minimum Gasteiger partial charge on any atom is -0.497 e. The molecule has 2 rings (SSSR count). The van der Waals surface area contributed by atoms with Crippen molar-refractivity contribution in [2.24, 2.45) is 0 Å². The zero-order chi connectivity index (χ0) is 12.1. The number of methoxy groups -OCH3 is 1. The van der Waals surface area contributed by atoms with Gasteiger partial charge in [0.2, 0.25) is 0 Å². The number of halogens is 1. The zero-order valence-electron chi connectivity index (χ0n) is 9.57. The summed E-state index contributed by atoms with van der Waals surface area (Å²) in [4.78, 5) is 1.37. The number of anilines is 1. The van der Waals surface area contributed by atoms with Crippen LogP contribution in [0, 0.1) is 0 Å². The molecule has 0 radical (unpaired) electrons. The smallest absolute Gasteiger partial charge is 0.121 e. The van der Waals surface area contributed by atoms with Crippen molar-refractivity contribution in [3.8, 4) is 5.75 Å². The highest BCUT2D eigenvalue weighted by molar-refractivity contribution is 7.09. The molecular formula is C13H14ClNOS. The molecule has 2 nitrogen and oxygen atoms in total. The van der Waals surface area contributed by atoms with Gasteiger partial charge >= 0.3 is 0 Å². The Kier molecular flexibility index (Phi) is 4.29. The standard InChI is InChI=1S/C13H14ClNOS/c1-16-10-4-5-12(14)13(9-10)15-7-6-11-3-2-8-17-11/h2-5,8-9,15H,6-7H2,1H3. The Bertz CT molecular complexity index is 470. The van der Waals surface area contributed by atoms with E-state index in [1.54, 1.807) is 18.4 Å². The van der Waals surface area contributed by atoms with Crippen molar-refractivity contribution in [3.05, 3.63) is 45.6 Å². The second-order valence-corrected chi connectivity index (χ2v) is 5.04. The first-order chi connectivity index (χ1) is 8.29. The summed E-state index contributed by atoms with van der Waals surface area (Å²) in [5, 5.41) is 6.13. The van der Waals surface area contributed by atoms with Crippen LogP contribution in [-0.2, 0) is 6.42 Å². The fourth-order valence-electron chi connectivity index (χ4n) is 1.54. The molecule has 0 aliphatic rings. The zero-order valence-corrected chi connectivity index (χ0v) is 11.1. The summed E-state index contributed by atoms with van der Waals surface area (Å²) in [5.41, 5.74) is 0.919. The van der Waals surface area contributed by atoms with Crippen LogP contribution in [0.15, 0.2) is 35.7 Å². The quantitative estimate of drug-likeness (QED) is 0.882. The fraction of sp³-hybridized carbons (Fsp3) is 0.231. The molecule has 17 heavy (non-hydrogen) atoms. The highest BCUT2D eigenvalue weighted by Crippen LogP contribution is 2.26. The Morgan fingerprint density at radius 1 is 1.35 bits per heavy atom. The van der Waals surface area contributed by atoms with Gasteiger partial charge in [-0.1, -0.05) is 17.7 Å². The van der Waals surface area contributed by atoms with Crippen molar-refractivity contribution in [2.75, 3.05) is 19.0 Å². The van der Waals surface area contributed by atoms with E-state index in [1.807, 2.05) is 18.2 Å². The number of hydrogen-bond donors (Lipinski definition) is 1. The van der Waals surface area contributed by atoms with Crippen LogP contribution in [0.1, 0.15) is 4.88 Å². The number of ether oxygens (including phenoxy) is 1. The number of hydrogen-bond acceptors (Lipinski definition) is 3. The molecule has 1 aromatic carbocycles. The molecule has 0 unspecified atom stereocenters. The Morgan fingerprint density at radius 3 is 2.94 bits per heavy atom. The molecule has 0 saturated heterocycles. The molecule has 0 spiro atoms. The highest BCUT2D eigenvalue weighted by atomic mass is 35.5. The molecule has 0 atom stereocenters. The first-order valence-corrected chi connectivity index (χ1v) is 6.65. The normalized spacial score (nSPS) is 10.2. The molecule has 0 aliphatic heterocycles.